The lowest BCUT2D eigenvalue weighted by Crippen LogP contribution is -2.24. The Kier molecular flexibility index (Phi) is 5.16. The van der Waals surface area contributed by atoms with E-state index in [-0.39, 0.29) is 18.2 Å². The zero-order chi connectivity index (χ0) is 14.4. The van der Waals surface area contributed by atoms with Crippen LogP contribution in [0, 0.1) is 5.92 Å². The molecule has 108 valence electrons. The lowest BCUT2D eigenvalue weighted by atomic mass is 9.88. The Bertz CT molecular complexity index is 478. The Labute approximate surface area is 119 Å². The average Bonchev–Trinajstić information content (AvgIpc) is 2.46. The Balaban J connectivity index is 1.93. The van der Waals surface area contributed by atoms with Crippen LogP contribution in [0.3, 0.4) is 0 Å². The number of carbonyl (C=O) groups is 2. The van der Waals surface area contributed by atoms with E-state index < -0.39 is 5.97 Å². The lowest BCUT2D eigenvalue weighted by Gasteiger charge is -2.20. The first-order valence-electron chi connectivity index (χ1n) is 7.27. The van der Waals surface area contributed by atoms with E-state index in [0.717, 1.165) is 36.9 Å². The summed E-state index contributed by atoms with van der Waals surface area (Å²) in [6, 6.07) is 7.46. The van der Waals surface area contributed by atoms with Crippen LogP contribution < -0.4 is 5.32 Å². The summed E-state index contributed by atoms with van der Waals surface area (Å²) in [4.78, 5) is 22.7. The number of hydrogen-bond donors (Lipinski definition) is 2. The van der Waals surface area contributed by atoms with Crippen molar-refractivity contribution in [3.8, 4) is 0 Å². The SMILES string of the molecule is O=C(O)CCc1cccc(NC(=O)C2CCCCC2)c1. The smallest absolute Gasteiger partial charge is 0.303 e. The van der Waals surface area contributed by atoms with Crippen LogP contribution in [0.5, 0.6) is 0 Å². The van der Waals surface area contributed by atoms with Gasteiger partial charge in [-0.25, -0.2) is 0 Å². The number of aliphatic carboxylic acids is 1. The number of amides is 1. The monoisotopic (exact) mass is 275 g/mol. The molecule has 20 heavy (non-hydrogen) atoms. The fourth-order valence-electron chi connectivity index (χ4n) is 2.66. The first-order chi connectivity index (χ1) is 9.65. The van der Waals surface area contributed by atoms with Gasteiger partial charge in [-0.3, -0.25) is 9.59 Å². The minimum absolute atomic E-state index is 0.0973. The average molecular weight is 275 g/mol. The second-order valence-electron chi connectivity index (χ2n) is 5.42. The van der Waals surface area contributed by atoms with Crippen LogP contribution in [-0.2, 0) is 16.0 Å². The third-order valence-electron chi connectivity index (χ3n) is 3.80. The van der Waals surface area contributed by atoms with Gasteiger partial charge >= 0.3 is 5.97 Å². The molecule has 4 nitrogen and oxygen atoms in total. The standard InChI is InChI=1S/C16H21NO3/c18-15(19)10-9-12-5-4-8-14(11-12)17-16(20)13-6-2-1-3-7-13/h4-5,8,11,13H,1-3,6-7,9-10H2,(H,17,20)(H,18,19). The summed E-state index contributed by atoms with van der Waals surface area (Å²) in [5.74, 6) is -0.576. The van der Waals surface area contributed by atoms with Crippen LogP contribution in [-0.4, -0.2) is 17.0 Å². The zero-order valence-electron chi connectivity index (χ0n) is 11.6. The van der Waals surface area contributed by atoms with Crippen LogP contribution >= 0.6 is 0 Å². The molecule has 0 aromatic heterocycles. The number of carboxylic acid groups (broad SMARTS) is 1. The molecule has 0 aliphatic heterocycles. The molecule has 0 saturated heterocycles. The molecule has 1 fully saturated rings. The highest BCUT2D eigenvalue weighted by atomic mass is 16.4. The van der Waals surface area contributed by atoms with Gasteiger partial charge in [0, 0.05) is 18.0 Å². The van der Waals surface area contributed by atoms with E-state index in [2.05, 4.69) is 5.32 Å². The second-order valence-corrected chi connectivity index (χ2v) is 5.42. The molecule has 0 spiro atoms. The fourth-order valence-corrected chi connectivity index (χ4v) is 2.66. The van der Waals surface area contributed by atoms with Crippen LogP contribution in [0.25, 0.3) is 0 Å². The van der Waals surface area contributed by atoms with Crippen LogP contribution in [0.4, 0.5) is 5.69 Å². The van der Waals surface area contributed by atoms with E-state index >= 15 is 0 Å². The van der Waals surface area contributed by atoms with E-state index in [1.807, 2.05) is 24.3 Å². The van der Waals surface area contributed by atoms with Gasteiger partial charge in [0.25, 0.3) is 0 Å². The zero-order valence-corrected chi connectivity index (χ0v) is 11.6. The summed E-state index contributed by atoms with van der Waals surface area (Å²) in [5, 5.41) is 11.6. The minimum atomic E-state index is -0.804. The number of rotatable bonds is 5. The van der Waals surface area contributed by atoms with Gasteiger partial charge in [0.05, 0.1) is 0 Å². The van der Waals surface area contributed by atoms with Gasteiger partial charge in [-0.2, -0.15) is 0 Å². The summed E-state index contributed by atoms with van der Waals surface area (Å²) in [5.41, 5.74) is 1.71. The van der Waals surface area contributed by atoms with E-state index in [9.17, 15) is 9.59 Å². The molecular weight excluding hydrogens is 254 g/mol. The molecule has 1 amide bonds. The molecular formula is C16H21NO3. The number of anilines is 1. The largest absolute Gasteiger partial charge is 0.481 e. The summed E-state index contributed by atoms with van der Waals surface area (Å²) in [6.07, 6.45) is 6.06. The van der Waals surface area contributed by atoms with Crippen molar-refractivity contribution in [3.05, 3.63) is 29.8 Å². The Morgan fingerprint density at radius 2 is 1.95 bits per heavy atom. The fraction of sp³-hybridized carbons (Fsp3) is 0.500. The molecule has 2 N–H and O–H groups in total. The molecule has 1 aromatic carbocycles. The van der Waals surface area contributed by atoms with Gasteiger partial charge < -0.3 is 10.4 Å². The highest BCUT2D eigenvalue weighted by Crippen LogP contribution is 2.25. The number of nitrogens with one attached hydrogen (secondary N) is 1. The number of carboxylic acids is 1. The summed E-state index contributed by atoms with van der Waals surface area (Å²) in [6.45, 7) is 0. The number of benzene rings is 1. The first kappa shape index (κ1) is 14.6. The molecule has 1 aliphatic rings. The van der Waals surface area contributed by atoms with Crippen molar-refractivity contribution in [3.63, 3.8) is 0 Å². The maximum Gasteiger partial charge on any atom is 0.303 e. The maximum atomic E-state index is 12.1. The van der Waals surface area contributed by atoms with Gasteiger partial charge in [0.15, 0.2) is 0 Å². The predicted molar refractivity (Wildman–Crippen MR) is 77.6 cm³/mol. The first-order valence-corrected chi connectivity index (χ1v) is 7.27. The highest BCUT2D eigenvalue weighted by molar-refractivity contribution is 5.92. The molecule has 1 aliphatic carbocycles. The van der Waals surface area contributed by atoms with Crippen LogP contribution in [0.2, 0.25) is 0 Å². The van der Waals surface area contributed by atoms with Gasteiger partial charge in [-0.05, 0) is 37.0 Å². The molecule has 1 saturated carbocycles. The third-order valence-corrected chi connectivity index (χ3v) is 3.80. The van der Waals surface area contributed by atoms with E-state index in [1.54, 1.807) is 0 Å². The normalized spacial score (nSPS) is 15.8. The van der Waals surface area contributed by atoms with E-state index in [1.165, 1.54) is 6.42 Å². The van der Waals surface area contributed by atoms with E-state index in [0.29, 0.717) is 6.42 Å². The van der Waals surface area contributed by atoms with E-state index in [4.69, 9.17) is 5.11 Å². The Morgan fingerprint density at radius 3 is 2.65 bits per heavy atom. The van der Waals surface area contributed by atoms with Crippen molar-refractivity contribution < 1.29 is 14.7 Å². The highest BCUT2D eigenvalue weighted by Gasteiger charge is 2.20. The predicted octanol–water partition coefficient (Wildman–Crippen LogP) is 3.22. The Hall–Kier alpha value is -1.84. The third kappa shape index (κ3) is 4.37. The topological polar surface area (TPSA) is 66.4 Å². The van der Waals surface area contributed by atoms with Gasteiger partial charge in [-0.1, -0.05) is 31.4 Å². The molecule has 0 radical (unpaired) electrons. The van der Waals surface area contributed by atoms with Crippen molar-refractivity contribution in [1.29, 1.82) is 0 Å². The molecule has 0 bridgehead atoms. The molecule has 4 heteroatoms. The van der Waals surface area contributed by atoms with Crippen molar-refractivity contribution in [2.45, 2.75) is 44.9 Å². The quantitative estimate of drug-likeness (QED) is 0.867. The van der Waals surface area contributed by atoms with Gasteiger partial charge in [0.2, 0.25) is 5.91 Å². The summed E-state index contributed by atoms with van der Waals surface area (Å²) < 4.78 is 0. The maximum absolute atomic E-state index is 12.1. The van der Waals surface area contributed by atoms with Crippen LogP contribution in [0.15, 0.2) is 24.3 Å². The Morgan fingerprint density at radius 1 is 1.20 bits per heavy atom. The summed E-state index contributed by atoms with van der Waals surface area (Å²) in [7, 11) is 0. The van der Waals surface area contributed by atoms with Crippen LogP contribution in [0.1, 0.15) is 44.1 Å². The molecule has 1 aromatic rings. The van der Waals surface area contributed by atoms with Crippen molar-refractivity contribution in [2.24, 2.45) is 5.92 Å². The molecule has 0 unspecified atom stereocenters. The molecule has 0 atom stereocenters. The van der Waals surface area contributed by atoms with Crippen molar-refractivity contribution in [2.75, 3.05) is 5.32 Å². The van der Waals surface area contributed by atoms with Crippen molar-refractivity contribution in [1.82, 2.24) is 0 Å². The lowest BCUT2D eigenvalue weighted by molar-refractivity contribution is -0.137. The minimum Gasteiger partial charge on any atom is -0.481 e. The molecule has 2 rings (SSSR count). The van der Waals surface area contributed by atoms with Gasteiger partial charge in [0.1, 0.15) is 0 Å². The van der Waals surface area contributed by atoms with Gasteiger partial charge in [-0.15, -0.1) is 0 Å². The number of carbonyl (C=O) groups excluding carboxylic acids is 1. The number of aryl methyl sites for hydroxylation is 1. The second kappa shape index (κ2) is 7.08. The molecule has 0 heterocycles. The summed E-state index contributed by atoms with van der Waals surface area (Å²) >= 11 is 0. The van der Waals surface area contributed by atoms with Crippen molar-refractivity contribution >= 4 is 17.6 Å². The number of hydrogen-bond acceptors (Lipinski definition) is 2.